The third kappa shape index (κ3) is 7.12. The van der Waals surface area contributed by atoms with Crippen LogP contribution in [0.1, 0.15) is 31.1 Å². The van der Waals surface area contributed by atoms with E-state index in [9.17, 15) is 5.11 Å². The van der Waals surface area contributed by atoms with Gasteiger partial charge in [0.1, 0.15) is 18.5 Å². The molecule has 0 aliphatic heterocycles. The largest absolute Gasteiger partial charge is 0.491 e. The van der Waals surface area contributed by atoms with Gasteiger partial charge >= 0.3 is 0 Å². The van der Waals surface area contributed by atoms with E-state index in [0.29, 0.717) is 24.3 Å². The molecular weight excluding hydrogens is 330 g/mol. The van der Waals surface area contributed by atoms with Crippen LogP contribution in [0.4, 0.5) is 0 Å². The van der Waals surface area contributed by atoms with E-state index in [2.05, 4.69) is 15.5 Å². The van der Waals surface area contributed by atoms with Gasteiger partial charge in [0, 0.05) is 18.7 Å². The molecule has 2 N–H and O–H groups in total. The molecule has 1 unspecified atom stereocenters. The van der Waals surface area contributed by atoms with Crippen LogP contribution in [0.5, 0.6) is 5.75 Å². The molecule has 2 aromatic rings. The predicted molar refractivity (Wildman–Crippen MR) is 96.3 cm³/mol. The number of nitrogens with zero attached hydrogens (tertiary/aromatic N) is 2. The van der Waals surface area contributed by atoms with Crippen molar-refractivity contribution in [2.75, 3.05) is 13.2 Å². The zero-order valence-electron chi connectivity index (χ0n) is 14.1. The predicted octanol–water partition coefficient (Wildman–Crippen LogP) is 2.71. The first-order chi connectivity index (χ1) is 11.0. The maximum Gasteiger partial charge on any atom is 0.250 e. The molecule has 1 aromatic carbocycles. The molecule has 0 aliphatic carbocycles. The Morgan fingerprint density at radius 3 is 2.54 bits per heavy atom. The second kappa shape index (κ2) is 10.1. The minimum Gasteiger partial charge on any atom is -0.491 e. The number of aryl methyl sites for hydroxylation is 1. The topological polar surface area (TPSA) is 80.4 Å². The van der Waals surface area contributed by atoms with E-state index in [1.54, 1.807) is 13.0 Å². The smallest absolute Gasteiger partial charge is 0.250 e. The number of rotatable bonds is 8. The average molecular weight is 354 g/mol. The van der Waals surface area contributed by atoms with Crippen molar-refractivity contribution in [2.45, 2.75) is 32.9 Å². The number of hydrogen-bond donors (Lipinski definition) is 2. The van der Waals surface area contributed by atoms with Gasteiger partial charge in [0.05, 0.1) is 0 Å². The molecule has 0 saturated carbocycles. The fourth-order valence-corrected chi connectivity index (χ4v) is 1.85. The van der Waals surface area contributed by atoms with Crippen LogP contribution in [0.3, 0.4) is 0 Å². The Morgan fingerprint density at radius 1 is 1.25 bits per heavy atom. The highest BCUT2D eigenvalue weighted by Crippen LogP contribution is 2.14. The molecule has 6 nitrogen and oxygen atoms in total. The van der Waals surface area contributed by atoms with Crippen molar-refractivity contribution in [3.63, 3.8) is 0 Å². The number of nitrogens with one attached hydrogen (secondary N) is 1. The highest BCUT2D eigenvalue weighted by molar-refractivity contribution is 5.85. The summed E-state index contributed by atoms with van der Waals surface area (Å²) in [6.07, 6.45) is 3.12. The summed E-state index contributed by atoms with van der Waals surface area (Å²) in [6, 6.07) is 7.92. The van der Waals surface area contributed by atoms with Crippen LogP contribution in [0.25, 0.3) is 12.2 Å². The summed E-state index contributed by atoms with van der Waals surface area (Å²) < 4.78 is 10.6. The van der Waals surface area contributed by atoms with E-state index in [4.69, 9.17) is 9.26 Å². The van der Waals surface area contributed by atoms with Gasteiger partial charge in [-0.15, -0.1) is 12.4 Å². The Bertz CT molecular complexity index is 626. The van der Waals surface area contributed by atoms with Gasteiger partial charge in [-0.2, -0.15) is 4.98 Å². The number of benzene rings is 1. The molecule has 0 radical (unpaired) electrons. The van der Waals surface area contributed by atoms with E-state index < -0.39 is 6.10 Å². The first kappa shape index (κ1) is 20.2. The Labute approximate surface area is 148 Å². The molecule has 1 atom stereocenters. The molecule has 2 rings (SSSR count). The fraction of sp³-hybridized carbons (Fsp3) is 0.412. The van der Waals surface area contributed by atoms with Crippen LogP contribution in [-0.4, -0.2) is 40.5 Å². The number of halogens is 1. The zero-order chi connectivity index (χ0) is 16.7. The van der Waals surface area contributed by atoms with Gasteiger partial charge in [0.15, 0.2) is 5.82 Å². The first-order valence-electron chi connectivity index (χ1n) is 7.65. The van der Waals surface area contributed by atoms with Crippen molar-refractivity contribution in [3.05, 3.63) is 41.5 Å². The van der Waals surface area contributed by atoms with Crippen LogP contribution in [0, 0.1) is 6.92 Å². The number of aliphatic hydroxyl groups is 1. The number of aliphatic hydroxyl groups excluding tert-OH is 1. The second-order valence-corrected chi connectivity index (χ2v) is 5.61. The molecule has 1 aromatic heterocycles. The summed E-state index contributed by atoms with van der Waals surface area (Å²) in [7, 11) is 0. The minimum atomic E-state index is -0.530. The zero-order valence-corrected chi connectivity index (χ0v) is 14.9. The molecule has 24 heavy (non-hydrogen) atoms. The van der Waals surface area contributed by atoms with Crippen molar-refractivity contribution >= 4 is 24.6 Å². The molecule has 1 heterocycles. The van der Waals surface area contributed by atoms with Crippen LogP contribution >= 0.6 is 12.4 Å². The lowest BCUT2D eigenvalue weighted by Gasteiger charge is -2.15. The lowest BCUT2D eigenvalue weighted by molar-refractivity contribution is 0.104. The van der Waals surface area contributed by atoms with E-state index in [-0.39, 0.29) is 19.0 Å². The minimum absolute atomic E-state index is 0. The van der Waals surface area contributed by atoms with Gasteiger partial charge in [-0.3, -0.25) is 0 Å². The molecule has 0 bridgehead atoms. The third-order valence-corrected chi connectivity index (χ3v) is 3.05. The maximum atomic E-state index is 9.80. The maximum absolute atomic E-state index is 9.80. The Morgan fingerprint density at radius 2 is 1.96 bits per heavy atom. The van der Waals surface area contributed by atoms with Crippen molar-refractivity contribution in [3.8, 4) is 5.75 Å². The van der Waals surface area contributed by atoms with Gasteiger partial charge in [-0.1, -0.05) is 31.1 Å². The van der Waals surface area contributed by atoms with Gasteiger partial charge in [0.2, 0.25) is 0 Å². The number of ether oxygens (including phenoxy) is 1. The Hall–Kier alpha value is -1.89. The van der Waals surface area contributed by atoms with Crippen LogP contribution in [-0.2, 0) is 0 Å². The molecule has 132 valence electrons. The first-order valence-corrected chi connectivity index (χ1v) is 7.65. The molecule has 0 spiro atoms. The summed E-state index contributed by atoms with van der Waals surface area (Å²) >= 11 is 0. The average Bonchev–Trinajstić information content (AvgIpc) is 2.95. The summed E-state index contributed by atoms with van der Waals surface area (Å²) in [4.78, 5) is 4.10. The molecule has 0 amide bonds. The number of aromatic nitrogens is 2. The van der Waals surface area contributed by atoms with Gasteiger partial charge in [-0.25, -0.2) is 0 Å². The van der Waals surface area contributed by atoms with E-state index in [0.717, 1.165) is 11.3 Å². The normalized spacial score (nSPS) is 12.4. The second-order valence-electron chi connectivity index (χ2n) is 5.61. The molecule has 0 saturated heterocycles. The van der Waals surface area contributed by atoms with Crippen molar-refractivity contribution < 1.29 is 14.4 Å². The Balaban J connectivity index is 0.00000288. The summed E-state index contributed by atoms with van der Waals surface area (Å²) in [6.45, 7) is 6.63. The Kier molecular flexibility index (Phi) is 8.46. The molecule has 0 fully saturated rings. The fourth-order valence-electron chi connectivity index (χ4n) is 1.85. The lowest BCUT2D eigenvalue weighted by atomic mass is 10.2. The third-order valence-electron chi connectivity index (χ3n) is 3.05. The SMILES string of the molecule is Cc1noc(/C=C\c2ccc(OCC(O)CNC(C)C)cc2)n1.Cl. The number of hydrogen-bond acceptors (Lipinski definition) is 6. The summed E-state index contributed by atoms with van der Waals surface area (Å²) in [5.41, 5.74) is 0.996. The van der Waals surface area contributed by atoms with Crippen molar-refractivity contribution in [1.82, 2.24) is 15.5 Å². The van der Waals surface area contributed by atoms with Gasteiger partial charge < -0.3 is 19.7 Å². The van der Waals surface area contributed by atoms with E-state index >= 15 is 0 Å². The summed E-state index contributed by atoms with van der Waals surface area (Å²) in [5, 5.41) is 16.7. The standard InChI is InChI=1S/C17H23N3O3.ClH/c1-12(2)18-10-15(21)11-22-16-7-4-14(5-8-16)6-9-17-19-13(3)20-23-17;/h4-9,12,15,18,21H,10-11H2,1-3H3;1H/b9-6-;. The molecule has 0 aliphatic rings. The highest BCUT2D eigenvalue weighted by Gasteiger charge is 2.05. The van der Waals surface area contributed by atoms with Crippen LogP contribution in [0.2, 0.25) is 0 Å². The van der Waals surface area contributed by atoms with Crippen molar-refractivity contribution in [1.29, 1.82) is 0 Å². The summed E-state index contributed by atoms with van der Waals surface area (Å²) in [5.74, 6) is 1.81. The quantitative estimate of drug-likeness (QED) is 0.759. The lowest BCUT2D eigenvalue weighted by Crippen LogP contribution is -2.35. The van der Waals surface area contributed by atoms with Crippen LogP contribution < -0.4 is 10.1 Å². The van der Waals surface area contributed by atoms with Crippen LogP contribution in [0.15, 0.2) is 28.8 Å². The van der Waals surface area contributed by atoms with Gasteiger partial charge in [-0.05, 0) is 30.7 Å². The highest BCUT2D eigenvalue weighted by atomic mass is 35.5. The van der Waals surface area contributed by atoms with Gasteiger partial charge in [0.25, 0.3) is 5.89 Å². The molecule has 7 heteroatoms. The van der Waals surface area contributed by atoms with Crippen molar-refractivity contribution in [2.24, 2.45) is 0 Å². The molecular formula is C17H24ClN3O3. The van der Waals surface area contributed by atoms with E-state index in [1.807, 2.05) is 44.2 Å². The monoisotopic (exact) mass is 353 g/mol. The van der Waals surface area contributed by atoms with E-state index in [1.165, 1.54) is 0 Å².